The van der Waals surface area contributed by atoms with Gasteiger partial charge in [0.05, 0.1) is 5.56 Å². The second-order valence-electron chi connectivity index (χ2n) is 4.09. The first kappa shape index (κ1) is 19.3. The van der Waals surface area contributed by atoms with Gasteiger partial charge in [-0.1, -0.05) is 5.92 Å². The van der Waals surface area contributed by atoms with Crippen molar-refractivity contribution in [3.63, 3.8) is 0 Å². The van der Waals surface area contributed by atoms with Crippen LogP contribution in [0.1, 0.15) is 41.5 Å². The molecule has 0 bridgehead atoms. The number of hydrogen-bond acceptors (Lipinski definition) is 4. The molecule has 0 aliphatic rings. The summed E-state index contributed by atoms with van der Waals surface area (Å²) < 4.78 is 4.71. The lowest BCUT2D eigenvalue weighted by molar-refractivity contribution is 0.0692. The summed E-state index contributed by atoms with van der Waals surface area (Å²) in [4.78, 5) is 11.7. The van der Waals surface area contributed by atoms with Crippen molar-refractivity contribution < 1.29 is 33.8 Å². The van der Waals surface area contributed by atoms with Crippen molar-refractivity contribution in [2.45, 2.75) is 6.92 Å². The van der Waals surface area contributed by atoms with Crippen molar-refractivity contribution in [3.8, 4) is 83.1 Å². The van der Waals surface area contributed by atoms with Gasteiger partial charge in [-0.05, 0) is 60.6 Å². The maximum atomic E-state index is 11.7. The Morgan fingerprint density at radius 3 is 1.85 bits per heavy atom. The summed E-state index contributed by atoms with van der Waals surface area (Å²) in [7, 11) is 0. The number of anilines is 2. The highest BCUT2D eigenvalue weighted by Crippen LogP contribution is 2.16. The number of nitrogens with two attached hydrogens (primary N) is 2. The second-order valence-corrected chi connectivity index (χ2v) is 4.09. The number of carbonyl (C=O) groups excluding carboxylic acids is 1. The minimum absolute atomic E-state index is 0. The third-order valence-electron chi connectivity index (χ3n) is 2.30. The fourth-order valence-corrected chi connectivity index (χ4v) is 1.29. The summed E-state index contributed by atoms with van der Waals surface area (Å²) in [5.41, 5.74) is 12.0. The molecule has 4 N–H and O–H groups in total. The normalized spacial score (nSPS) is 6.50. The summed E-state index contributed by atoms with van der Waals surface area (Å²) in [6, 6.07) is 4.44. The van der Waals surface area contributed by atoms with Crippen LogP contribution < -0.4 is 11.5 Å². The first-order valence-corrected chi connectivity index (χ1v) is 6.93. The van der Waals surface area contributed by atoms with Crippen molar-refractivity contribution >= 4 is 17.3 Å². The molecular weight excluding hydrogens is 324 g/mol. The molecule has 1 aromatic carbocycles. The van der Waals surface area contributed by atoms with Gasteiger partial charge in [-0.2, -0.15) is 0 Å². The predicted octanol–water partition coefficient (Wildman–Crippen LogP) is 5.19. The van der Waals surface area contributed by atoms with Crippen LogP contribution in [-0.4, -0.2) is 5.97 Å². The Kier molecular flexibility index (Phi) is 8.69. The van der Waals surface area contributed by atoms with Gasteiger partial charge in [0, 0.05) is 71.2 Å². The van der Waals surface area contributed by atoms with Crippen LogP contribution in [0.25, 0.3) is 0 Å². The smallest absolute Gasteiger partial charge is 0.354 e. The SMILES string of the molecule is CC#CC#CC#CC#CC#CC#CC#COC(=O)c1ccc(N)cc1N.[HH].[HH].[HH].[HH].[HH].[HH].[HH].[HH].[HH].[HH].[HH].[HH].[HH].[HH].[HH].[HH].[HH]. The number of carbonyl (C=O) groups is 1. The van der Waals surface area contributed by atoms with Gasteiger partial charge in [0.2, 0.25) is 0 Å². The van der Waals surface area contributed by atoms with Gasteiger partial charge in [0.1, 0.15) is 6.11 Å². The van der Waals surface area contributed by atoms with Crippen LogP contribution in [0.3, 0.4) is 0 Å². The predicted molar refractivity (Wildman–Crippen MR) is 137 cm³/mol. The van der Waals surface area contributed by atoms with E-state index in [0.29, 0.717) is 5.69 Å². The van der Waals surface area contributed by atoms with E-state index in [0.717, 1.165) is 0 Å². The Morgan fingerprint density at radius 2 is 1.35 bits per heavy atom. The molecule has 0 atom stereocenters. The van der Waals surface area contributed by atoms with E-state index in [2.05, 4.69) is 83.1 Å². The zero-order valence-corrected chi connectivity index (χ0v) is 13.7. The fourth-order valence-electron chi connectivity index (χ4n) is 1.29. The molecule has 4 heteroatoms. The van der Waals surface area contributed by atoms with Gasteiger partial charge in [-0.3, -0.25) is 0 Å². The van der Waals surface area contributed by atoms with E-state index in [1.165, 1.54) is 18.2 Å². The highest BCUT2D eigenvalue weighted by atomic mass is 16.5. The molecule has 0 radical (unpaired) electrons. The van der Waals surface area contributed by atoms with Crippen molar-refractivity contribution in [3.05, 3.63) is 23.8 Å². The molecule has 1 aromatic rings. The van der Waals surface area contributed by atoms with E-state index in [-0.39, 0.29) is 35.5 Å². The molecule has 0 amide bonds. The highest BCUT2D eigenvalue weighted by Gasteiger charge is 2.10. The van der Waals surface area contributed by atoms with Gasteiger partial charge in [0.25, 0.3) is 0 Å². The molecule has 0 heterocycles. The molecule has 0 aromatic heterocycles. The zero-order chi connectivity index (χ0) is 19.0. The molecule has 0 aliphatic heterocycles. The molecule has 26 heavy (non-hydrogen) atoms. The maximum Gasteiger partial charge on any atom is 0.354 e. The maximum absolute atomic E-state index is 11.7. The number of nitrogen functional groups attached to an aromatic ring is 2. The third-order valence-corrected chi connectivity index (χ3v) is 2.30. The van der Waals surface area contributed by atoms with Crippen molar-refractivity contribution in [1.29, 1.82) is 0 Å². The van der Waals surface area contributed by atoms with E-state index in [4.69, 9.17) is 16.2 Å². The fraction of sp³-hybridized carbons (Fsp3) is 0.0455. The van der Waals surface area contributed by atoms with Crippen molar-refractivity contribution in [2.24, 2.45) is 0 Å². The van der Waals surface area contributed by atoms with Crippen LogP contribution in [0.15, 0.2) is 18.2 Å². The van der Waals surface area contributed by atoms with Crippen LogP contribution in [-0.2, 0) is 4.74 Å². The Hall–Kier alpha value is -4.79. The highest BCUT2D eigenvalue weighted by molar-refractivity contribution is 5.96. The quantitative estimate of drug-likeness (QED) is 0.406. The Morgan fingerprint density at radius 1 is 0.846 bits per heavy atom. The molecule has 4 nitrogen and oxygen atoms in total. The minimum Gasteiger partial charge on any atom is -0.399 e. The second kappa shape index (κ2) is 11.7. The number of rotatable bonds is 1. The number of esters is 1. The van der Waals surface area contributed by atoms with E-state index in [9.17, 15) is 4.79 Å². The first-order chi connectivity index (χ1) is 12.6. The van der Waals surface area contributed by atoms with E-state index in [1.807, 2.05) is 0 Å². The van der Waals surface area contributed by atoms with Crippen LogP contribution in [0.4, 0.5) is 11.4 Å². The molecule has 0 aliphatic carbocycles. The topological polar surface area (TPSA) is 78.3 Å². The van der Waals surface area contributed by atoms with E-state index >= 15 is 0 Å². The number of hydrogen-bond donors (Lipinski definition) is 2. The van der Waals surface area contributed by atoms with Crippen LogP contribution in [0.5, 0.6) is 0 Å². The molecule has 0 saturated carbocycles. The Balaban J connectivity index is -0.0000000265. The van der Waals surface area contributed by atoms with Gasteiger partial charge in [-0.25, -0.2) is 4.79 Å². The molecule has 0 spiro atoms. The summed E-state index contributed by atoms with van der Waals surface area (Å²) in [6.45, 7) is 1.68. The van der Waals surface area contributed by atoms with Crippen molar-refractivity contribution in [2.75, 3.05) is 11.5 Å². The Labute approximate surface area is 177 Å². The molecule has 0 saturated heterocycles. The van der Waals surface area contributed by atoms with E-state index < -0.39 is 5.97 Å². The number of benzene rings is 1. The van der Waals surface area contributed by atoms with Crippen LogP contribution in [0, 0.1) is 83.1 Å². The summed E-state index contributed by atoms with van der Waals surface area (Å²) in [6.07, 6.45) is 2.15. The van der Waals surface area contributed by atoms with Crippen molar-refractivity contribution in [1.82, 2.24) is 0 Å². The summed E-state index contributed by atoms with van der Waals surface area (Å²) in [5.74, 6) is 31.4. The summed E-state index contributed by atoms with van der Waals surface area (Å²) >= 11 is 0. The first-order valence-electron chi connectivity index (χ1n) is 6.93. The molecule has 0 fully saturated rings. The Bertz CT molecular complexity index is 1180. The van der Waals surface area contributed by atoms with E-state index in [1.54, 1.807) is 6.92 Å². The van der Waals surface area contributed by atoms with Gasteiger partial charge in [0.15, 0.2) is 0 Å². The lowest BCUT2D eigenvalue weighted by Crippen LogP contribution is -2.05. The molecule has 154 valence electrons. The van der Waals surface area contributed by atoms with Gasteiger partial charge in [-0.15, -0.1) is 0 Å². The monoisotopic (exact) mass is 368 g/mol. The third kappa shape index (κ3) is 8.00. The number of ether oxygens (including phenoxy) is 1. The van der Waals surface area contributed by atoms with Crippen LogP contribution >= 0.6 is 0 Å². The van der Waals surface area contributed by atoms with Crippen LogP contribution in [0.2, 0.25) is 0 Å². The van der Waals surface area contributed by atoms with Gasteiger partial charge >= 0.3 is 5.97 Å². The summed E-state index contributed by atoms with van der Waals surface area (Å²) in [5, 5.41) is 0. The average molecular weight is 369 g/mol. The molecular formula is C22H44N2O2. The zero-order valence-electron chi connectivity index (χ0n) is 13.7. The lowest BCUT2D eigenvalue weighted by atomic mass is 10.1. The molecule has 1 rings (SSSR count). The molecule has 0 unspecified atom stereocenters. The minimum atomic E-state index is -0.694. The largest absolute Gasteiger partial charge is 0.399 e. The standard InChI is InChI=1S/C22H10N2O2.17H2/c1-2-3-4-5-6-7-8-9-10-11-12-13-14-17-26-22(25)20-16-15-19(23)18-21(20)24;;;;;;;;;;;;;;;;;/h15-16,18H,23-24H2,1H3;17*1H. The average Bonchev–Trinajstić information content (AvgIpc) is 2.61. The lowest BCUT2D eigenvalue weighted by Gasteiger charge is -2.02. The van der Waals surface area contributed by atoms with Gasteiger partial charge < -0.3 is 16.2 Å².